The van der Waals surface area contributed by atoms with Gasteiger partial charge in [0.1, 0.15) is 5.76 Å². The average molecular weight is 231 g/mol. The number of nitrogens with two attached hydrogens (primary N) is 1. The molecule has 0 aliphatic rings. The third-order valence-electron chi connectivity index (χ3n) is 2.72. The van der Waals surface area contributed by atoms with Gasteiger partial charge in [-0.05, 0) is 25.5 Å². The van der Waals surface area contributed by atoms with Crippen molar-refractivity contribution in [3.63, 3.8) is 0 Å². The van der Waals surface area contributed by atoms with Gasteiger partial charge in [0.2, 0.25) is 5.89 Å². The number of nitrogens with one attached hydrogen (secondary N) is 1. The lowest BCUT2D eigenvalue weighted by Gasteiger charge is -2.05. The van der Waals surface area contributed by atoms with E-state index in [1.54, 1.807) is 0 Å². The van der Waals surface area contributed by atoms with Crippen molar-refractivity contribution in [1.82, 2.24) is 10.3 Å². The van der Waals surface area contributed by atoms with Gasteiger partial charge in [-0.3, -0.25) is 0 Å². The minimum atomic E-state index is 0.614. The highest BCUT2D eigenvalue weighted by molar-refractivity contribution is 5.46. The topological polar surface area (TPSA) is 64.1 Å². The molecular weight excluding hydrogens is 214 g/mol. The number of oxazole rings is 1. The van der Waals surface area contributed by atoms with Crippen LogP contribution in [0.1, 0.15) is 22.9 Å². The van der Waals surface area contributed by atoms with Crippen LogP contribution in [0.4, 0.5) is 5.69 Å². The van der Waals surface area contributed by atoms with Crippen molar-refractivity contribution < 1.29 is 4.42 Å². The number of nitrogen functional groups attached to an aromatic ring is 1. The van der Waals surface area contributed by atoms with Gasteiger partial charge in [-0.25, -0.2) is 4.98 Å². The Morgan fingerprint density at radius 2 is 2.00 bits per heavy atom. The Bertz CT molecular complexity index is 486. The fourth-order valence-corrected chi connectivity index (χ4v) is 1.61. The molecule has 4 nitrogen and oxygen atoms in total. The lowest BCUT2D eigenvalue weighted by molar-refractivity contribution is 0.449. The zero-order chi connectivity index (χ0) is 12.3. The number of rotatable bonds is 4. The largest absolute Gasteiger partial charge is 0.444 e. The molecule has 0 saturated carbocycles. The molecule has 3 N–H and O–H groups in total. The zero-order valence-corrected chi connectivity index (χ0v) is 10.2. The van der Waals surface area contributed by atoms with E-state index in [0.29, 0.717) is 13.1 Å². The van der Waals surface area contributed by atoms with Gasteiger partial charge in [-0.1, -0.05) is 18.2 Å². The molecule has 17 heavy (non-hydrogen) atoms. The molecule has 1 aromatic carbocycles. The molecule has 0 saturated heterocycles. The monoisotopic (exact) mass is 231 g/mol. The van der Waals surface area contributed by atoms with Gasteiger partial charge in [0.05, 0.1) is 12.2 Å². The van der Waals surface area contributed by atoms with Crippen LogP contribution < -0.4 is 11.1 Å². The van der Waals surface area contributed by atoms with Crippen molar-refractivity contribution in [3.05, 3.63) is 47.2 Å². The minimum absolute atomic E-state index is 0.614. The second kappa shape index (κ2) is 5.01. The Kier molecular flexibility index (Phi) is 3.44. The van der Waals surface area contributed by atoms with Crippen molar-refractivity contribution in [2.75, 3.05) is 5.73 Å². The maximum atomic E-state index is 5.85. The number of benzene rings is 1. The third kappa shape index (κ3) is 2.85. The molecule has 0 aliphatic heterocycles. The first kappa shape index (κ1) is 11.7. The molecule has 90 valence electrons. The zero-order valence-electron chi connectivity index (χ0n) is 10.2. The lowest BCUT2D eigenvalue weighted by Crippen LogP contribution is -2.14. The van der Waals surface area contributed by atoms with Crippen LogP contribution in [0, 0.1) is 13.8 Å². The fourth-order valence-electron chi connectivity index (χ4n) is 1.61. The predicted octanol–water partition coefficient (Wildman–Crippen LogP) is 2.16. The molecule has 0 bridgehead atoms. The van der Waals surface area contributed by atoms with E-state index < -0.39 is 0 Å². The van der Waals surface area contributed by atoms with Crippen LogP contribution in [0.3, 0.4) is 0 Å². The van der Waals surface area contributed by atoms with E-state index in [-0.39, 0.29) is 0 Å². The summed E-state index contributed by atoms with van der Waals surface area (Å²) in [7, 11) is 0. The Morgan fingerprint density at radius 1 is 1.24 bits per heavy atom. The second-order valence-electron chi connectivity index (χ2n) is 4.05. The van der Waals surface area contributed by atoms with E-state index in [1.165, 1.54) is 0 Å². The highest BCUT2D eigenvalue weighted by atomic mass is 16.4. The molecular formula is C13H17N3O. The van der Waals surface area contributed by atoms with Gasteiger partial charge in [0.15, 0.2) is 0 Å². The molecule has 0 amide bonds. The van der Waals surface area contributed by atoms with Crippen molar-refractivity contribution in [1.29, 1.82) is 0 Å². The highest BCUT2D eigenvalue weighted by Crippen LogP contribution is 2.11. The Morgan fingerprint density at radius 3 is 2.65 bits per heavy atom. The predicted molar refractivity (Wildman–Crippen MR) is 67.4 cm³/mol. The average Bonchev–Trinajstić information content (AvgIpc) is 2.61. The van der Waals surface area contributed by atoms with E-state index in [4.69, 9.17) is 10.2 Å². The summed E-state index contributed by atoms with van der Waals surface area (Å²) >= 11 is 0. The molecule has 1 heterocycles. The number of aromatic nitrogens is 1. The SMILES string of the molecule is Cc1nc(CNCc2ccccc2N)oc1C. The second-order valence-corrected chi connectivity index (χ2v) is 4.05. The van der Waals surface area contributed by atoms with E-state index >= 15 is 0 Å². The Labute approximate surface area is 101 Å². The summed E-state index contributed by atoms with van der Waals surface area (Å²) in [5, 5.41) is 3.26. The summed E-state index contributed by atoms with van der Waals surface area (Å²) in [6, 6.07) is 7.82. The highest BCUT2D eigenvalue weighted by Gasteiger charge is 2.05. The van der Waals surface area contributed by atoms with Gasteiger partial charge in [-0.2, -0.15) is 0 Å². The van der Waals surface area contributed by atoms with E-state index in [1.807, 2.05) is 38.1 Å². The normalized spacial score (nSPS) is 10.7. The number of hydrogen-bond donors (Lipinski definition) is 2. The molecule has 0 unspecified atom stereocenters. The molecule has 0 aliphatic carbocycles. The number of nitrogens with zero attached hydrogens (tertiary/aromatic N) is 1. The summed E-state index contributed by atoms with van der Waals surface area (Å²) in [4.78, 5) is 4.30. The van der Waals surface area contributed by atoms with Crippen LogP contribution in [0.25, 0.3) is 0 Å². The van der Waals surface area contributed by atoms with Gasteiger partial charge in [0, 0.05) is 12.2 Å². The molecule has 0 radical (unpaired) electrons. The molecule has 4 heteroatoms. The standard InChI is InChI=1S/C13H17N3O/c1-9-10(2)17-13(16-9)8-15-7-11-5-3-4-6-12(11)14/h3-6,15H,7-8,14H2,1-2H3. The number of hydrogen-bond acceptors (Lipinski definition) is 4. The third-order valence-corrected chi connectivity index (χ3v) is 2.72. The summed E-state index contributed by atoms with van der Waals surface area (Å²) in [5.41, 5.74) is 8.69. The van der Waals surface area contributed by atoms with Crippen LogP contribution >= 0.6 is 0 Å². The van der Waals surface area contributed by atoms with Gasteiger partial charge >= 0.3 is 0 Å². The summed E-state index contributed by atoms with van der Waals surface area (Å²) in [6.45, 7) is 5.19. The first-order valence-corrected chi connectivity index (χ1v) is 5.64. The Hall–Kier alpha value is -1.81. The molecule has 2 rings (SSSR count). The first-order valence-electron chi connectivity index (χ1n) is 5.64. The molecule has 0 atom stereocenters. The van der Waals surface area contributed by atoms with Crippen molar-refractivity contribution in [2.45, 2.75) is 26.9 Å². The summed E-state index contributed by atoms with van der Waals surface area (Å²) in [6.07, 6.45) is 0. The van der Waals surface area contributed by atoms with Crippen LogP contribution in [0.5, 0.6) is 0 Å². The first-order chi connectivity index (χ1) is 8.16. The van der Waals surface area contributed by atoms with Gasteiger partial charge in [-0.15, -0.1) is 0 Å². The summed E-state index contributed by atoms with van der Waals surface area (Å²) in [5.74, 6) is 1.59. The van der Waals surface area contributed by atoms with E-state index in [0.717, 1.165) is 28.6 Å². The van der Waals surface area contributed by atoms with Crippen LogP contribution in [-0.2, 0) is 13.1 Å². The quantitative estimate of drug-likeness (QED) is 0.791. The lowest BCUT2D eigenvalue weighted by atomic mass is 10.2. The van der Waals surface area contributed by atoms with Crippen molar-refractivity contribution in [2.24, 2.45) is 0 Å². The maximum absolute atomic E-state index is 5.85. The molecule has 0 fully saturated rings. The molecule has 0 spiro atoms. The summed E-state index contributed by atoms with van der Waals surface area (Å²) < 4.78 is 5.48. The number of anilines is 1. The molecule has 2 aromatic rings. The van der Waals surface area contributed by atoms with Gasteiger partial charge in [0.25, 0.3) is 0 Å². The minimum Gasteiger partial charge on any atom is -0.444 e. The van der Waals surface area contributed by atoms with Crippen LogP contribution in [0.2, 0.25) is 0 Å². The van der Waals surface area contributed by atoms with Crippen LogP contribution in [-0.4, -0.2) is 4.98 Å². The van der Waals surface area contributed by atoms with Crippen molar-refractivity contribution in [3.8, 4) is 0 Å². The maximum Gasteiger partial charge on any atom is 0.208 e. The number of aryl methyl sites for hydroxylation is 2. The number of para-hydroxylation sites is 1. The van der Waals surface area contributed by atoms with E-state index in [2.05, 4.69) is 10.3 Å². The van der Waals surface area contributed by atoms with Crippen molar-refractivity contribution >= 4 is 5.69 Å². The fraction of sp³-hybridized carbons (Fsp3) is 0.308. The van der Waals surface area contributed by atoms with E-state index in [9.17, 15) is 0 Å². The van der Waals surface area contributed by atoms with Gasteiger partial charge < -0.3 is 15.5 Å². The van der Waals surface area contributed by atoms with Crippen LogP contribution in [0.15, 0.2) is 28.7 Å². The molecule has 1 aromatic heterocycles. The smallest absolute Gasteiger partial charge is 0.208 e. The Balaban J connectivity index is 1.90.